The van der Waals surface area contributed by atoms with Gasteiger partial charge in [0.15, 0.2) is 5.58 Å². The van der Waals surface area contributed by atoms with Crippen LogP contribution in [-0.4, -0.2) is 4.98 Å². The largest absolute Gasteiger partial charge is 0.436 e. The average molecular weight is 747 g/mol. The molecule has 0 aliphatic rings. The van der Waals surface area contributed by atoms with Crippen molar-refractivity contribution >= 4 is 70.4 Å². The average Bonchev–Trinajstić information content (AvgIpc) is 3.90. The summed E-state index contributed by atoms with van der Waals surface area (Å²) in [5, 5.41) is 4.72. The standard InChI is InChI=1S/C53H34N2OS/c1-3-12-35(13-4-1)37-24-26-38(27-25-37)53-54-52-45-30-28-41(32-42(45)29-31-48(52)56-53)40-17-10-19-44(34-40)55(43-18-9-16-39(33-43)36-14-5-2-6-15-36)47-21-11-23-50-51(47)46-20-7-8-22-49(46)57-50/h1-34H. The van der Waals surface area contributed by atoms with E-state index in [2.05, 4.69) is 199 Å². The van der Waals surface area contributed by atoms with Gasteiger partial charge in [-0.15, -0.1) is 11.3 Å². The first-order chi connectivity index (χ1) is 28.2. The van der Waals surface area contributed by atoms with Gasteiger partial charge in [-0.1, -0.05) is 140 Å². The van der Waals surface area contributed by atoms with E-state index in [1.807, 2.05) is 23.5 Å². The summed E-state index contributed by atoms with van der Waals surface area (Å²) in [6.45, 7) is 0. The number of aromatic nitrogens is 1. The maximum Gasteiger partial charge on any atom is 0.227 e. The van der Waals surface area contributed by atoms with Crippen LogP contribution in [0.2, 0.25) is 0 Å². The Morgan fingerprint density at radius 2 is 0.965 bits per heavy atom. The van der Waals surface area contributed by atoms with E-state index in [1.54, 1.807) is 0 Å². The quantitative estimate of drug-likeness (QED) is 0.163. The highest BCUT2D eigenvalue weighted by atomic mass is 32.1. The maximum atomic E-state index is 6.32. The molecule has 0 radical (unpaired) electrons. The molecule has 0 N–H and O–H groups in total. The Morgan fingerprint density at radius 1 is 0.404 bits per heavy atom. The molecular weight excluding hydrogens is 713 g/mol. The molecule has 11 rings (SSSR count). The highest BCUT2D eigenvalue weighted by molar-refractivity contribution is 7.26. The van der Waals surface area contributed by atoms with Crippen molar-refractivity contribution in [1.29, 1.82) is 0 Å². The summed E-state index contributed by atoms with van der Waals surface area (Å²) in [6, 6.07) is 73.5. The molecular formula is C53H34N2OS. The summed E-state index contributed by atoms with van der Waals surface area (Å²) in [5.41, 5.74) is 13.0. The molecule has 0 fully saturated rings. The second kappa shape index (κ2) is 13.8. The minimum absolute atomic E-state index is 0.624. The summed E-state index contributed by atoms with van der Waals surface area (Å²) in [4.78, 5) is 7.44. The number of rotatable bonds is 7. The molecule has 268 valence electrons. The molecule has 0 aliphatic carbocycles. The van der Waals surface area contributed by atoms with Gasteiger partial charge in [-0.05, 0) is 105 Å². The fourth-order valence-electron chi connectivity index (χ4n) is 8.11. The number of nitrogens with zero attached hydrogens (tertiary/aromatic N) is 2. The number of hydrogen-bond acceptors (Lipinski definition) is 4. The van der Waals surface area contributed by atoms with Crippen LogP contribution in [0.25, 0.3) is 86.9 Å². The van der Waals surface area contributed by atoms with Gasteiger partial charge in [-0.3, -0.25) is 0 Å². The van der Waals surface area contributed by atoms with Crippen LogP contribution in [0.4, 0.5) is 17.1 Å². The number of oxazole rings is 1. The maximum absolute atomic E-state index is 6.32. The van der Waals surface area contributed by atoms with E-state index in [4.69, 9.17) is 9.40 Å². The van der Waals surface area contributed by atoms with Gasteiger partial charge in [-0.25, -0.2) is 4.98 Å². The Morgan fingerprint density at radius 3 is 1.72 bits per heavy atom. The summed E-state index contributed by atoms with van der Waals surface area (Å²) in [6.07, 6.45) is 0. The van der Waals surface area contributed by atoms with Crippen LogP contribution in [0, 0.1) is 0 Å². The fourth-order valence-corrected chi connectivity index (χ4v) is 9.23. The first kappa shape index (κ1) is 33.1. The number of thiophene rings is 1. The molecule has 57 heavy (non-hydrogen) atoms. The molecule has 0 bridgehead atoms. The summed E-state index contributed by atoms with van der Waals surface area (Å²) < 4.78 is 8.88. The SMILES string of the molecule is c1ccc(-c2ccc(-c3nc4c(ccc5cc(-c6cccc(N(c7cccc(-c8ccccc8)c7)c7cccc8sc9ccccc9c78)c6)ccc54)o3)cc2)cc1. The van der Waals surface area contributed by atoms with Crippen LogP contribution < -0.4 is 4.90 Å². The second-order valence-corrected chi connectivity index (χ2v) is 15.4. The van der Waals surface area contributed by atoms with Crippen LogP contribution in [0.5, 0.6) is 0 Å². The Kier molecular flexibility index (Phi) is 8.01. The van der Waals surface area contributed by atoms with E-state index < -0.39 is 0 Å². The van der Waals surface area contributed by atoms with E-state index >= 15 is 0 Å². The van der Waals surface area contributed by atoms with Crippen molar-refractivity contribution in [1.82, 2.24) is 4.98 Å². The van der Waals surface area contributed by atoms with Crippen LogP contribution in [0.1, 0.15) is 0 Å². The molecule has 9 aromatic carbocycles. The van der Waals surface area contributed by atoms with Gasteiger partial charge in [0.2, 0.25) is 5.89 Å². The van der Waals surface area contributed by atoms with Gasteiger partial charge < -0.3 is 9.32 Å². The molecule has 0 aliphatic heterocycles. The molecule has 0 unspecified atom stereocenters. The van der Waals surface area contributed by atoms with Crippen LogP contribution >= 0.6 is 11.3 Å². The lowest BCUT2D eigenvalue weighted by Gasteiger charge is -2.27. The van der Waals surface area contributed by atoms with Crippen molar-refractivity contribution in [2.75, 3.05) is 4.90 Å². The van der Waals surface area contributed by atoms with Gasteiger partial charge >= 0.3 is 0 Å². The molecule has 3 nitrogen and oxygen atoms in total. The minimum Gasteiger partial charge on any atom is -0.436 e. The summed E-state index contributed by atoms with van der Waals surface area (Å²) >= 11 is 1.85. The first-order valence-corrected chi connectivity index (χ1v) is 20.0. The summed E-state index contributed by atoms with van der Waals surface area (Å²) in [7, 11) is 0. The van der Waals surface area contributed by atoms with E-state index in [-0.39, 0.29) is 0 Å². The van der Waals surface area contributed by atoms with Gasteiger partial charge in [0.25, 0.3) is 0 Å². The third-order valence-corrected chi connectivity index (χ3v) is 12.0. The lowest BCUT2D eigenvalue weighted by atomic mass is 9.99. The number of fused-ring (bicyclic) bond motifs is 6. The third kappa shape index (κ3) is 5.95. The number of benzene rings is 9. The van der Waals surface area contributed by atoms with E-state index in [0.29, 0.717) is 5.89 Å². The molecule has 0 amide bonds. The van der Waals surface area contributed by atoms with E-state index in [0.717, 1.165) is 55.6 Å². The minimum atomic E-state index is 0.624. The first-order valence-electron chi connectivity index (χ1n) is 19.2. The van der Waals surface area contributed by atoms with Crippen LogP contribution in [0.3, 0.4) is 0 Å². The van der Waals surface area contributed by atoms with Gasteiger partial charge in [-0.2, -0.15) is 0 Å². The fraction of sp³-hybridized carbons (Fsp3) is 0. The lowest BCUT2D eigenvalue weighted by molar-refractivity contribution is 0.620. The Labute approximate surface area is 334 Å². The van der Waals surface area contributed by atoms with Crippen LogP contribution in [0.15, 0.2) is 211 Å². The summed E-state index contributed by atoms with van der Waals surface area (Å²) in [5.74, 6) is 0.624. The smallest absolute Gasteiger partial charge is 0.227 e. The third-order valence-electron chi connectivity index (χ3n) is 10.9. The molecule has 0 saturated heterocycles. The lowest BCUT2D eigenvalue weighted by Crippen LogP contribution is -2.10. The van der Waals surface area contributed by atoms with E-state index in [9.17, 15) is 0 Å². The highest BCUT2D eigenvalue weighted by Gasteiger charge is 2.20. The Bertz CT molecular complexity index is 3240. The van der Waals surface area contributed by atoms with Crippen molar-refractivity contribution in [2.45, 2.75) is 0 Å². The van der Waals surface area contributed by atoms with Crippen molar-refractivity contribution in [2.24, 2.45) is 0 Å². The zero-order valence-corrected chi connectivity index (χ0v) is 31.7. The molecule has 2 heterocycles. The predicted molar refractivity (Wildman–Crippen MR) is 241 cm³/mol. The molecule has 2 aromatic heterocycles. The highest BCUT2D eigenvalue weighted by Crippen LogP contribution is 2.46. The van der Waals surface area contributed by atoms with Gasteiger partial charge in [0.1, 0.15) is 5.52 Å². The Hall–Kier alpha value is -7.27. The van der Waals surface area contributed by atoms with Crippen molar-refractivity contribution < 1.29 is 4.42 Å². The van der Waals surface area contributed by atoms with Crippen LogP contribution in [-0.2, 0) is 0 Å². The van der Waals surface area contributed by atoms with Crippen molar-refractivity contribution in [3.63, 3.8) is 0 Å². The van der Waals surface area contributed by atoms with Gasteiger partial charge in [0, 0.05) is 42.5 Å². The molecule has 4 heteroatoms. The van der Waals surface area contributed by atoms with E-state index in [1.165, 1.54) is 42.4 Å². The Balaban J connectivity index is 1.00. The van der Waals surface area contributed by atoms with Crippen molar-refractivity contribution in [3.05, 3.63) is 206 Å². The molecule has 0 atom stereocenters. The second-order valence-electron chi connectivity index (χ2n) is 14.4. The number of hydrogen-bond donors (Lipinski definition) is 0. The number of anilines is 3. The predicted octanol–water partition coefficient (Wildman–Crippen LogP) is 15.5. The molecule has 0 spiro atoms. The normalized spacial score (nSPS) is 11.5. The van der Waals surface area contributed by atoms with Crippen molar-refractivity contribution in [3.8, 4) is 44.8 Å². The molecule has 11 aromatic rings. The van der Waals surface area contributed by atoms with Gasteiger partial charge in [0.05, 0.1) is 5.69 Å². The topological polar surface area (TPSA) is 29.3 Å². The zero-order valence-electron chi connectivity index (χ0n) is 30.8. The zero-order chi connectivity index (χ0) is 37.7. The monoisotopic (exact) mass is 746 g/mol. The molecule has 0 saturated carbocycles.